The first kappa shape index (κ1) is 12.1. The van der Waals surface area contributed by atoms with Crippen LogP contribution in [0.3, 0.4) is 0 Å². The van der Waals surface area contributed by atoms with Crippen LogP contribution in [0.4, 0.5) is 4.39 Å². The highest BCUT2D eigenvalue weighted by Gasteiger charge is 2.10. The molecule has 3 nitrogen and oxygen atoms in total. The van der Waals surface area contributed by atoms with Crippen molar-refractivity contribution in [2.75, 3.05) is 7.11 Å². The molecule has 0 saturated carbocycles. The van der Waals surface area contributed by atoms with E-state index in [2.05, 4.69) is 0 Å². The number of ether oxygens (including phenoxy) is 1. The van der Waals surface area contributed by atoms with Gasteiger partial charge in [0, 0.05) is 5.56 Å². The first-order valence-corrected chi connectivity index (χ1v) is 5.29. The summed E-state index contributed by atoms with van der Waals surface area (Å²) in [5, 5.41) is 8.96. The molecule has 2 aromatic carbocycles. The van der Waals surface area contributed by atoms with E-state index in [0.29, 0.717) is 16.9 Å². The number of carbonyl (C=O) groups is 1. The van der Waals surface area contributed by atoms with Crippen LogP contribution >= 0.6 is 0 Å². The van der Waals surface area contributed by atoms with Crippen molar-refractivity contribution >= 4 is 5.97 Å². The first-order valence-electron chi connectivity index (χ1n) is 5.29. The molecule has 2 rings (SSSR count). The predicted molar refractivity (Wildman–Crippen MR) is 65.3 cm³/mol. The number of benzene rings is 2. The van der Waals surface area contributed by atoms with Gasteiger partial charge in [-0.05, 0) is 35.9 Å². The molecule has 0 radical (unpaired) electrons. The standard InChI is InChI=1S/C14H11FO3/c1-18-13-7-4-10(14(16)17)8-12(13)9-2-5-11(15)6-3-9/h2-8H,1H3,(H,16,17). The third-order valence-corrected chi connectivity index (χ3v) is 2.60. The number of rotatable bonds is 3. The maximum atomic E-state index is 12.9. The van der Waals surface area contributed by atoms with Crippen LogP contribution in [0.1, 0.15) is 10.4 Å². The Balaban J connectivity index is 2.56. The molecule has 0 amide bonds. The van der Waals surface area contributed by atoms with Crippen molar-refractivity contribution in [3.8, 4) is 16.9 Å². The molecular weight excluding hydrogens is 235 g/mol. The summed E-state index contributed by atoms with van der Waals surface area (Å²) in [6.07, 6.45) is 0. The van der Waals surface area contributed by atoms with E-state index in [1.54, 1.807) is 18.2 Å². The topological polar surface area (TPSA) is 46.5 Å². The third kappa shape index (κ3) is 2.32. The second-order valence-electron chi connectivity index (χ2n) is 3.73. The SMILES string of the molecule is COc1ccc(C(=O)O)cc1-c1ccc(F)cc1. The number of halogens is 1. The van der Waals surface area contributed by atoms with Gasteiger partial charge in [-0.1, -0.05) is 12.1 Å². The van der Waals surface area contributed by atoms with Gasteiger partial charge in [-0.25, -0.2) is 9.18 Å². The molecule has 0 unspecified atom stereocenters. The number of aromatic carboxylic acids is 1. The molecule has 0 saturated heterocycles. The van der Waals surface area contributed by atoms with Crippen molar-refractivity contribution in [3.63, 3.8) is 0 Å². The fraction of sp³-hybridized carbons (Fsp3) is 0.0714. The van der Waals surface area contributed by atoms with E-state index in [1.807, 2.05) is 0 Å². The van der Waals surface area contributed by atoms with E-state index in [9.17, 15) is 9.18 Å². The van der Waals surface area contributed by atoms with Crippen LogP contribution in [0.5, 0.6) is 5.75 Å². The summed E-state index contributed by atoms with van der Waals surface area (Å²) >= 11 is 0. The number of methoxy groups -OCH3 is 1. The molecule has 18 heavy (non-hydrogen) atoms. The molecule has 0 bridgehead atoms. The maximum absolute atomic E-state index is 12.9. The highest BCUT2D eigenvalue weighted by molar-refractivity contribution is 5.90. The molecule has 0 aromatic heterocycles. The summed E-state index contributed by atoms with van der Waals surface area (Å²) in [5.41, 5.74) is 1.49. The Morgan fingerprint density at radius 1 is 1.17 bits per heavy atom. The summed E-state index contributed by atoms with van der Waals surface area (Å²) in [6.45, 7) is 0. The fourth-order valence-electron chi connectivity index (χ4n) is 1.70. The molecule has 0 aliphatic rings. The molecule has 4 heteroatoms. The minimum absolute atomic E-state index is 0.162. The van der Waals surface area contributed by atoms with Crippen LogP contribution in [0, 0.1) is 5.82 Å². The second-order valence-corrected chi connectivity index (χ2v) is 3.73. The van der Waals surface area contributed by atoms with E-state index < -0.39 is 5.97 Å². The summed E-state index contributed by atoms with van der Waals surface area (Å²) in [4.78, 5) is 10.9. The van der Waals surface area contributed by atoms with Crippen LogP contribution in [-0.2, 0) is 0 Å². The van der Waals surface area contributed by atoms with Crippen LogP contribution in [0.25, 0.3) is 11.1 Å². The predicted octanol–water partition coefficient (Wildman–Crippen LogP) is 3.20. The smallest absolute Gasteiger partial charge is 0.335 e. The van der Waals surface area contributed by atoms with Crippen LogP contribution in [0.15, 0.2) is 42.5 Å². The molecule has 0 spiro atoms. The molecule has 1 N–H and O–H groups in total. The lowest BCUT2D eigenvalue weighted by Gasteiger charge is -2.09. The van der Waals surface area contributed by atoms with E-state index in [4.69, 9.17) is 9.84 Å². The van der Waals surface area contributed by atoms with Gasteiger partial charge in [-0.2, -0.15) is 0 Å². The molecular formula is C14H11FO3. The van der Waals surface area contributed by atoms with E-state index in [1.165, 1.54) is 31.4 Å². The Morgan fingerprint density at radius 3 is 2.39 bits per heavy atom. The molecule has 0 fully saturated rings. The monoisotopic (exact) mass is 246 g/mol. The zero-order valence-electron chi connectivity index (χ0n) is 9.68. The van der Waals surface area contributed by atoms with Gasteiger partial charge in [-0.15, -0.1) is 0 Å². The van der Waals surface area contributed by atoms with Crippen molar-refractivity contribution in [2.24, 2.45) is 0 Å². The van der Waals surface area contributed by atoms with Crippen LogP contribution in [-0.4, -0.2) is 18.2 Å². The lowest BCUT2D eigenvalue weighted by Crippen LogP contribution is -1.97. The average molecular weight is 246 g/mol. The van der Waals surface area contributed by atoms with Gasteiger partial charge in [0.1, 0.15) is 11.6 Å². The normalized spacial score (nSPS) is 10.1. The van der Waals surface area contributed by atoms with Crippen molar-refractivity contribution in [1.82, 2.24) is 0 Å². The summed E-state index contributed by atoms with van der Waals surface area (Å²) < 4.78 is 18.0. The van der Waals surface area contributed by atoms with Gasteiger partial charge >= 0.3 is 5.97 Å². The molecule has 0 atom stereocenters. The molecule has 0 aliphatic heterocycles. The van der Waals surface area contributed by atoms with Gasteiger partial charge in [0.2, 0.25) is 0 Å². The lowest BCUT2D eigenvalue weighted by molar-refractivity contribution is 0.0697. The van der Waals surface area contributed by atoms with Crippen molar-refractivity contribution < 1.29 is 19.0 Å². The number of carboxylic acid groups (broad SMARTS) is 1. The van der Waals surface area contributed by atoms with E-state index in [-0.39, 0.29) is 11.4 Å². The van der Waals surface area contributed by atoms with Gasteiger partial charge < -0.3 is 9.84 Å². The minimum atomic E-state index is -1.01. The Morgan fingerprint density at radius 2 is 1.83 bits per heavy atom. The highest BCUT2D eigenvalue weighted by atomic mass is 19.1. The Labute approximate surface area is 103 Å². The zero-order valence-corrected chi connectivity index (χ0v) is 9.68. The quantitative estimate of drug-likeness (QED) is 0.904. The second kappa shape index (κ2) is 4.87. The van der Waals surface area contributed by atoms with Crippen molar-refractivity contribution in [3.05, 3.63) is 53.8 Å². The van der Waals surface area contributed by atoms with E-state index in [0.717, 1.165) is 0 Å². The van der Waals surface area contributed by atoms with Gasteiger partial charge in [0.15, 0.2) is 0 Å². The lowest BCUT2D eigenvalue weighted by atomic mass is 10.0. The van der Waals surface area contributed by atoms with Crippen LogP contribution in [0.2, 0.25) is 0 Å². The number of hydrogen-bond acceptors (Lipinski definition) is 2. The first-order chi connectivity index (χ1) is 8.61. The third-order valence-electron chi connectivity index (χ3n) is 2.60. The summed E-state index contributed by atoms with van der Waals surface area (Å²) in [5.74, 6) is -0.806. The average Bonchev–Trinajstić information content (AvgIpc) is 2.39. The van der Waals surface area contributed by atoms with Crippen LogP contribution < -0.4 is 4.74 Å². The largest absolute Gasteiger partial charge is 0.496 e. The fourth-order valence-corrected chi connectivity index (χ4v) is 1.70. The number of carboxylic acids is 1. The zero-order chi connectivity index (χ0) is 13.1. The Kier molecular flexibility index (Phi) is 3.28. The molecule has 0 aliphatic carbocycles. The maximum Gasteiger partial charge on any atom is 0.335 e. The number of hydrogen-bond donors (Lipinski definition) is 1. The molecule has 0 heterocycles. The molecule has 2 aromatic rings. The van der Waals surface area contributed by atoms with E-state index >= 15 is 0 Å². The Hall–Kier alpha value is -2.36. The minimum Gasteiger partial charge on any atom is -0.496 e. The van der Waals surface area contributed by atoms with Gasteiger partial charge in [-0.3, -0.25) is 0 Å². The van der Waals surface area contributed by atoms with Crippen molar-refractivity contribution in [1.29, 1.82) is 0 Å². The highest BCUT2D eigenvalue weighted by Crippen LogP contribution is 2.31. The molecule has 92 valence electrons. The summed E-state index contributed by atoms with van der Waals surface area (Å²) in [7, 11) is 1.50. The summed E-state index contributed by atoms with van der Waals surface area (Å²) in [6, 6.07) is 10.4. The Bertz CT molecular complexity index is 576. The van der Waals surface area contributed by atoms with Crippen molar-refractivity contribution in [2.45, 2.75) is 0 Å². The van der Waals surface area contributed by atoms with Gasteiger partial charge in [0.25, 0.3) is 0 Å². The van der Waals surface area contributed by atoms with Gasteiger partial charge in [0.05, 0.1) is 12.7 Å².